The van der Waals surface area contributed by atoms with E-state index in [1.54, 1.807) is 0 Å². The van der Waals surface area contributed by atoms with Crippen molar-refractivity contribution in [3.05, 3.63) is 21.9 Å². The van der Waals surface area contributed by atoms with Gasteiger partial charge < -0.3 is 10.2 Å². The van der Waals surface area contributed by atoms with E-state index < -0.39 is 0 Å². The molecule has 2 rings (SSSR count). The Morgan fingerprint density at radius 2 is 1.95 bits per heavy atom. The minimum Gasteiger partial charge on any atom is -0.312 e. The number of hydrogen-bond donors (Lipinski definition) is 1. The molecular weight excluding hydrogens is 278 g/mol. The zero-order chi connectivity index (χ0) is 15.2. The van der Waals surface area contributed by atoms with Crippen molar-refractivity contribution in [3.8, 4) is 0 Å². The average Bonchev–Trinajstić information content (AvgIpc) is 2.86. The van der Waals surface area contributed by atoms with Crippen LogP contribution in [0.2, 0.25) is 0 Å². The number of nitrogens with zero attached hydrogens (tertiary/aromatic N) is 2. The first-order chi connectivity index (χ1) is 10.0. The fourth-order valence-corrected chi connectivity index (χ4v) is 3.95. The van der Waals surface area contributed by atoms with E-state index >= 15 is 0 Å². The smallest absolute Gasteiger partial charge is 0.0327 e. The third-order valence-corrected chi connectivity index (χ3v) is 5.36. The molecule has 2 heterocycles. The first-order valence-electron chi connectivity index (χ1n) is 8.21. The maximum atomic E-state index is 3.53. The van der Waals surface area contributed by atoms with Crippen LogP contribution in [0.3, 0.4) is 0 Å². The molecule has 21 heavy (non-hydrogen) atoms. The molecule has 1 N–H and O–H groups in total. The summed E-state index contributed by atoms with van der Waals surface area (Å²) in [6, 6.07) is 5.35. The molecule has 120 valence electrons. The van der Waals surface area contributed by atoms with Gasteiger partial charge in [0.1, 0.15) is 0 Å². The molecule has 1 saturated heterocycles. The Hall–Kier alpha value is -0.420. The quantitative estimate of drug-likeness (QED) is 0.835. The summed E-state index contributed by atoms with van der Waals surface area (Å²) in [6.07, 6.45) is 2.61. The zero-order valence-electron chi connectivity index (χ0n) is 14.1. The molecule has 1 aliphatic heterocycles. The van der Waals surface area contributed by atoms with Crippen molar-refractivity contribution >= 4 is 11.3 Å². The highest BCUT2D eigenvalue weighted by Gasteiger charge is 2.20. The molecule has 0 aromatic carbocycles. The van der Waals surface area contributed by atoms with Crippen LogP contribution in [0.5, 0.6) is 0 Å². The maximum Gasteiger partial charge on any atom is 0.0327 e. The van der Waals surface area contributed by atoms with Gasteiger partial charge >= 0.3 is 0 Å². The highest BCUT2D eigenvalue weighted by Crippen LogP contribution is 2.21. The number of rotatable bonds is 7. The van der Waals surface area contributed by atoms with E-state index in [1.165, 1.54) is 35.7 Å². The van der Waals surface area contributed by atoms with Crippen molar-refractivity contribution < 1.29 is 0 Å². The summed E-state index contributed by atoms with van der Waals surface area (Å²) in [6.45, 7) is 10.2. The number of likely N-dealkylation sites (tertiary alicyclic amines) is 1. The monoisotopic (exact) mass is 309 g/mol. The Morgan fingerprint density at radius 3 is 2.62 bits per heavy atom. The van der Waals surface area contributed by atoms with Gasteiger partial charge in [-0.15, -0.1) is 11.3 Å². The van der Waals surface area contributed by atoms with Gasteiger partial charge in [-0.3, -0.25) is 4.90 Å². The van der Waals surface area contributed by atoms with Crippen LogP contribution >= 0.6 is 11.3 Å². The lowest BCUT2D eigenvalue weighted by Crippen LogP contribution is -2.41. The van der Waals surface area contributed by atoms with Crippen LogP contribution in [0, 0.1) is 5.92 Å². The van der Waals surface area contributed by atoms with E-state index in [9.17, 15) is 0 Å². The molecular formula is C17H31N3S. The number of thiophene rings is 1. The normalized spacial score (nSPS) is 18.0. The molecule has 0 radical (unpaired) electrons. The van der Waals surface area contributed by atoms with E-state index in [2.05, 4.69) is 55.2 Å². The highest BCUT2D eigenvalue weighted by molar-refractivity contribution is 7.11. The van der Waals surface area contributed by atoms with Gasteiger partial charge in [0.25, 0.3) is 0 Å². The van der Waals surface area contributed by atoms with Gasteiger partial charge in [0.2, 0.25) is 0 Å². The minimum atomic E-state index is 0.722. The molecule has 1 aromatic rings. The van der Waals surface area contributed by atoms with E-state index in [4.69, 9.17) is 0 Å². The molecule has 3 nitrogen and oxygen atoms in total. The molecule has 1 fully saturated rings. The molecule has 1 aliphatic rings. The fourth-order valence-electron chi connectivity index (χ4n) is 2.90. The van der Waals surface area contributed by atoms with Crippen molar-refractivity contribution in [2.24, 2.45) is 5.92 Å². The third kappa shape index (κ3) is 5.70. The van der Waals surface area contributed by atoms with E-state index in [1.807, 2.05) is 11.3 Å². The lowest BCUT2D eigenvalue weighted by atomic mass is 10.0. The second-order valence-electron chi connectivity index (χ2n) is 6.84. The molecule has 0 unspecified atom stereocenters. The summed E-state index contributed by atoms with van der Waals surface area (Å²) in [5.74, 6) is 0.722. The number of piperidine rings is 1. The summed E-state index contributed by atoms with van der Waals surface area (Å²) >= 11 is 1.96. The Morgan fingerprint density at radius 1 is 1.29 bits per heavy atom. The predicted molar refractivity (Wildman–Crippen MR) is 92.8 cm³/mol. The van der Waals surface area contributed by atoms with Crippen molar-refractivity contribution in [2.75, 3.05) is 33.7 Å². The largest absolute Gasteiger partial charge is 0.312 e. The average molecular weight is 310 g/mol. The van der Waals surface area contributed by atoms with E-state index in [0.29, 0.717) is 0 Å². The van der Waals surface area contributed by atoms with Gasteiger partial charge in [0.05, 0.1) is 0 Å². The van der Waals surface area contributed by atoms with E-state index in [0.717, 1.165) is 31.6 Å². The third-order valence-electron chi connectivity index (χ3n) is 4.29. The first-order valence-corrected chi connectivity index (χ1v) is 9.03. The zero-order valence-corrected chi connectivity index (χ0v) is 14.9. The molecule has 0 spiro atoms. The lowest BCUT2D eigenvalue weighted by Gasteiger charge is -2.34. The molecule has 0 amide bonds. The molecule has 0 saturated carbocycles. The SMILES string of the molecule is CC(C)CNCc1ccc(CN(C)C2CCN(C)CC2)s1. The number of nitrogens with one attached hydrogen (secondary N) is 1. The van der Waals surface area contributed by atoms with Gasteiger partial charge in [-0.05, 0) is 64.6 Å². The van der Waals surface area contributed by atoms with Crippen LogP contribution < -0.4 is 5.32 Å². The minimum absolute atomic E-state index is 0.722. The topological polar surface area (TPSA) is 18.5 Å². The Bertz CT molecular complexity index is 408. The van der Waals surface area contributed by atoms with Gasteiger partial charge in [-0.1, -0.05) is 13.8 Å². The van der Waals surface area contributed by atoms with Crippen LogP contribution in [0.15, 0.2) is 12.1 Å². The predicted octanol–water partition coefficient (Wildman–Crippen LogP) is 3.02. The van der Waals surface area contributed by atoms with Gasteiger partial charge in [0.15, 0.2) is 0 Å². The van der Waals surface area contributed by atoms with Gasteiger partial charge in [-0.2, -0.15) is 0 Å². The molecule has 4 heteroatoms. The van der Waals surface area contributed by atoms with E-state index in [-0.39, 0.29) is 0 Å². The maximum absolute atomic E-state index is 3.53. The van der Waals surface area contributed by atoms with Gasteiger partial charge in [-0.25, -0.2) is 0 Å². The van der Waals surface area contributed by atoms with Crippen LogP contribution in [0.25, 0.3) is 0 Å². The molecule has 1 aromatic heterocycles. The van der Waals surface area contributed by atoms with Crippen molar-refractivity contribution in [1.82, 2.24) is 15.1 Å². The Kier molecular flexibility index (Phi) is 6.68. The number of hydrogen-bond acceptors (Lipinski definition) is 4. The standard InChI is InChI=1S/C17H31N3S/c1-14(2)11-18-12-16-5-6-17(21-16)13-20(4)15-7-9-19(3)10-8-15/h5-6,14-15,18H,7-13H2,1-4H3. The summed E-state index contributed by atoms with van der Waals surface area (Å²) in [5.41, 5.74) is 0. The fraction of sp³-hybridized carbons (Fsp3) is 0.765. The van der Waals surface area contributed by atoms with Crippen molar-refractivity contribution in [1.29, 1.82) is 0 Å². The second kappa shape index (κ2) is 8.28. The summed E-state index contributed by atoms with van der Waals surface area (Å²) in [5, 5.41) is 3.53. The molecule has 0 aliphatic carbocycles. The van der Waals surface area contributed by atoms with Crippen LogP contribution in [-0.4, -0.2) is 49.6 Å². The van der Waals surface area contributed by atoms with Crippen molar-refractivity contribution in [3.63, 3.8) is 0 Å². The summed E-state index contributed by atoms with van der Waals surface area (Å²) in [4.78, 5) is 7.94. The van der Waals surface area contributed by atoms with Crippen LogP contribution in [0.1, 0.15) is 36.4 Å². The summed E-state index contributed by atoms with van der Waals surface area (Å²) in [7, 11) is 4.51. The van der Waals surface area contributed by atoms with Crippen LogP contribution in [-0.2, 0) is 13.1 Å². The first kappa shape index (κ1) is 16.9. The van der Waals surface area contributed by atoms with Crippen molar-refractivity contribution in [2.45, 2.75) is 45.8 Å². The van der Waals surface area contributed by atoms with Gasteiger partial charge in [0, 0.05) is 28.9 Å². The molecule has 0 bridgehead atoms. The lowest BCUT2D eigenvalue weighted by molar-refractivity contribution is 0.140. The Balaban J connectivity index is 1.76. The second-order valence-corrected chi connectivity index (χ2v) is 8.10. The molecule has 0 atom stereocenters. The van der Waals surface area contributed by atoms with Crippen LogP contribution in [0.4, 0.5) is 0 Å². The Labute approximate surface area is 134 Å². The highest BCUT2D eigenvalue weighted by atomic mass is 32.1. The summed E-state index contributed by atoms with van der Waals surface area (Å²) < 4.78 is 0.